The number of nitrogens with zero attached hydrogens (tertiary/aromatic N) is 2. The number of aryl methyl sites for hydroxylation is 1. The van der Waals surface area contributed by atoms with Crippen LogP contribution in [0.1, 0.15) is 40.0 Å². The number of rotatable bonds is 7. The third-order valence-corrected chi connectivity index (χ3v) is 6.35. The van der Waals surface area contributed by atoms with Crippen molar-refractivity contribution in [1.29, 1.82) is 5.26 Å². The second-order valence-corrected chi connectivity index (χ2v) is 9.00. The molecule has 0 aliphatic heterocycles. The molecule has 0 aliphatic carbocycles. The first kappa shape index (κ1) is 23.4. The number of nitro benzene ring substituents is 1. The van der Waals surface area contributed by atoms with E-state index in [2.05, 4.69) is 10.0 Å². The molecule has 1 atom stereocenters. The Balaban J connectivity index is 1.70. The fourth-order valence-corrected chi connectivity index (χ4v) is 4.14. The van der Waals surface area contributed by atoms with Gasteiger partial charge in [-0.15, -0.1) is 0 Å². The first-order valence-corrected chi connectivity index (χ1v) is 11.3. The number of hydrogen-bond donors (Lipinski definition) is 2. The van der Waals surface area contributed by atoms with Crippen LogP contribution < -0.4 is 10.0 Å². The van der Waals surface area contributed by atoms with Crippen LogP contribution in [0.4, 0.5) is 11.4 Å². The van der Waals surface area contributed by atoms with Crippen LogP contribution in [0.3, 0.4) is 0 Å². The normalized spacial score (nSPS) is 11.8. The predicted molar refractivity (Wildman–Crippen MR) is 122 cm³/mol. The molecule has 0 radical (unpaired) electrons. The van der Waals surface area contributed by atoms with Crippen LogP contribution in [0.5, 0.6) is 0 Å². The Morgan fingerprint density at radius 3 is 2.27 bits per heavy atom. The number of nitro groups is 1. The van der Waals surface area contributed by atoms with Crippen LogP contribution in [0.15, 0.2) is 71.6 Å². The fraction of sp³-hybridized carbons (Fsp3) is 0.130. The van der Waals surface area contributed by atoms with E-state index in [9.17, 15) is 23.3 Å². The van der Waals surface area contributed by atoms with Crippen molar-refractivity contribution in [2.45, 2.75) is 24.8 Å². The molecule has 3 aromatic carbocycles. The average Bonchev–Trinajstić information content (AvgIpc) is 2.79. The second-order valence-electron chi connectivity index (χ2n) is 7.32. The molecule has 0 saturated carbocycles. The molecule has 2 N–H and O–H groups in total. The van der Waals surface area contributed by atoms with Crippen LogP contribution in [0.25, 0.3) is 0 Å². The molecular weight excluding hydrogens is 444 g/mol. The molecule has 1 unspecified atom stereocenters. The van der Waals surface area contributed by atoms with E-state index in [0.29, 0.717) is 16.7 Å². The van der Waals surface area contributed by atoms with Crippen molar-refractivity contribution in [3.05, 3.63) is 99.1 Å². The Kier molecular flexibility index (Phi) is 6.75. The third-order valence-electron chi connectivity index (χ3n) is 4.97. The van der Waals surface area contributed by atoms with Crippen molar-refractivity contribution in [2.24, 2.45) is 0 Å². The topological polar surface area (TPSA) is 142 Å². The number of carbonyl (C=O) groups excluding carboxylic acids is 1. The molecule has 0 aliphatic rings. The van der Waals surface area contributed by atoms with Crippen molar-refractivity contribution >= 4 is 27.3 Å². The lowest BCUT2D eigenvalue weighted by Gasteiger charge is -2.15. The molecule has 1 amide bonds. The molecule has 3 rings (SSSR count). The van der Waals surface area contributed by atoms with Gasteiger partial charge >= 0.3 is 0 Å². The number of anilines is 1. The van der Waals surface area contributed by atoms with Crippen molar-refractivity contribution in [3.63, 3.8) is 0 Å². The summed E-state index contributed by atoms with van der Waals surface area (Å²) in [7, 11) is -4.06. The minimum Gasteiger partial charge on any atom is -0.346 e. The van der Waals surface area contributed by atoms with Gasteiger partial charge in [0.2, 0.25) is 0 Å². The van der Waals surface area contributed by atoms with E-state index in [4.69, 9.17) is 5.26 Å². The van der Waals surface area contributed by atoms with Gasteiger partial charge in [0.1, 0.15) is 0 Å². The van der Waals surface area contributed by atoms with Gasteiger partial charge in [-0.05, 0) is 61.9 Å². The standard InChI is InChI=1S/C23H20N4O5S/c1-15-3-12-21(13-22(15)27(29)30)33(31,32)26-20-10-8-19(9-11-20)23(28)25-16(2)18-6-4-17(14-24)5-7-18/h3-13,16,26H,1-2H3,(H,25,28). The molecule has 0 saturated heterocycles. The lowest BCUT2D eigenvalue weighted by molar-refractivity contribution is -0.385. The number of carbonyl (C=O) groups is 1. The Labute approximate surface area is 190 Å². The van der Waals surface area contributed by atoms with Gasteiger partial charge in [-0.25, -0.2) is 8.42 Å². The van der Waals surface area contributed by atoms with Crippen LogP contribution in [0, 0.1) is 28.4 Å². The Morgan fingerprint density at radius 1 is 1.06 bits per heavy atom. The SMILES string of the molecule is Cc1ccc(S(=O)(=O)Nc2ccc(C(=O)NC(C)c3ccc(C#N)cc3)cc2)cc1[N+](=O)[O-]. The molecule has 3 aromatic rings. The summed E-state index contributed by atoms with van der Waals surface area (Å²) in [5.41, 5.74) is 1.94. The van der Waals surface area contributed by atoms with E-state index in [1.807, 2.05) is 13.0 Å². The number of benzene rings is 3. The maximum atomic E-state index is 12.6. The van der Waals surface area contributed by atoms with E-state index in [1.54, 1.807) is 24.3 Å². The highest BCUT2D eigenvalue weighted by Gasteiger charge is 2.20. The van der Waals surface area contributed by atoms with Crippen molar-refractivity contribution in [3.8, 4) is 6.07 Å². The average molecular weight is 465 g/mol. The van der Waals surface area contributed by atoms with Crippen molar-refractivity contribution in [2.75, 3.05) is 4.72 Å². The molecule has 0 spiro atoms. The molecular formula is C23H20N4O5S. The third kappa shape index (κ3) is 5.53. The molecule has 33 heavy (non-hydrogen) atoms. The van der Waals surface area contributed by atoms with Gasteiger partial charge in [-0.2, -0.15) is 5.26 Å². The lowest BCUT2D eigenvalue weighted by atomic mass is 10.1. The number of nitrogens with one attached hydrogen (secondary N) is 2. The largest absolute Gasteiger partial charge is 0.346 e. The zero-order valence-electron chi connectivity index (χ0n) is 17.8. The van der Waals surface area contributed by atoms with Crippen LogP contribution in [-0.4, -0.2) is 19.2 Å². The van der Waals surface area contributed by atoms with Gasteiger partial charge in [-0.3, -0.25) is 19.6 Å². The van der Waals surface area contributed by atoms with Crippen LogP contribution in [-0.2, 0) is 10.0 Å². The highest BCUT2D eigenvalue weighted by atomic mass is 32.2. The maximum Gasteiger partial charge on any atom is 0.273 e. The zero-order valence-corrected chi connectivity index (χ0v) is 18.6. The summed E-state index contributed by atoms with van der Waals surface area (Å²) in [5, 5.41) is 22.8. The van der Waals surface area contributed by atoms with Crippen molar-refractivity contribution in [1.82, 2.24) is 5.32 Å². The maximum absolute atomic E-state index is 12.6. The molecule has 0 aromatic heterocycles. The van der Waals surface area contributed by atoms with E-state index >= 15 is 0 Å². The first-order chi connectivity index (χ1) is 15.6. The smallest absolute Gasteiger partial charge is 0.273 e. The minimum atomic E-state index is -4.06. The summed E-state index contributed by atoms with van der Waals surface area (Å²) in [4.78, 5) is 22.8. The predicted octanol–water partition coefficient (Wildman–Crippen LogP) is 4.07. The number of sulfonamides is 1. The quantitative estimate of drug-likeness (QED) is 0.399. The van der Waals surface area contributed by atoms with Crippen LogP contribution >= 0.6 is 0 Å². The molecule has 0 heterocycles. The summed E-state index contributed by atoms with van der Waals surface area (Å²) in [6.45, 7) is 3.33. The zero-order chi connectivity index (χ0) is 24.2. The van der Waals surface area contributed by atoms with E-state index < -0.39 is 14.9 Å². The fourth-order valence-electron chi connectivity index (χ4n) is 3.07. The number of nitriles is 1. The van der Waals surface area contributed by atoms with Gasteiger partial charge in [-0.1, -0.05) is 18.2 Å². The Morgan fingerprint density at radius 2 is 1.70 bits per heavy atom. The summed E-state index contributed by atoms with van der Waals surface area (Å²) >= 11 is 0. The molecule has 168 valence electrons. The number of amides is 1. The van der Waals surface area contributed by atoms with Gasteiger partial charge in [0, 0.05) is 22.9 Å². The van der Waals surface area contributed by atoms with Gasteiger partial charge < -0.3 is 5.32 Å². The summed E-state index contributed by atoms with van der Waals surface area (Å²) in [6.07, 6.45) is 0. The molecule has 0 bridgehead atoms. The monoisotopic (exact) mass is 464 g/mol. The summed E-state index contributed by atoms with van der Waals surface area (Å²) < 4.78 is 27.6. The Bertz CT molecular complexity index is 1350. The van der Waals surface area contributed by atoms with Gasteiger partial charge in [0.25, 0.3) is 21.6 Å². The van der Waals surface area contributed by atoms with Gasteiger partial charge in [0.05, 0.1) is 27.5 Å². The second kappa shape index (κ2) is 9.50. The van der Waals surface area contributed by atoms with E-state index in [1.165, 1.54) is 43.3 Å². The summed E-state index contributed by atoms with van der Waals surface area (Å²) in [5.74, 6) is -0.351. The first-order valence-electron chi connectivity index (χ1n) is 9.79. The van der Waals surface area contributed by atoms with E-state index in [0.717, 1.165) is 11.6 Å². The van der Waals surface area contributed by atoms with E-state index in [-0.39, 0.29) is 28.2 Å². The molecule has 10 heteroatoms. The summed E-state index contributed by atoms with van der Waals surface area (Å²) in [6, 6.07) is 18.1. The minimum absolute atomic E-state index is 0.204. The lowest BCUT2D eigenvalue weighted by Crippen LogP contribution is -2.26. The van der Waals surface area contributed by atoms with Crippen LogP contribution in [0.2, 0.25) is 0 Å². The van der Waals surface area contributed by atoms with Gasteiger partial charge in [0.15, 0.2) is 0 Å². The molecule has 9 nitrogen and oxygen atoms in total. The highest BCUT2D eigenvalue weighted by Crippen LogP contribution is 2.24. The number of hydrogen-bond acceptors (Lipinski definition) is 6. The Hall–Kier alpha value is -4.23. The highest BCUT2D eigenvalue weighted by molar-refractivity contribution is 7.92. The van der Waals surface area contributed by atoms with Crippen molar-refractivity contribution < 1.29 is 18.1 Å². The molecule has 0 fully saturated rings.